The van der Waals surface area contributed by atoms with Gasteiger partial charge < -0.3 is 10.4 Å². The van der Waals surface area contributed by atoms with E-state index in [0.717, 1.165) is 5.69 Å². The molecule has 2 N–H and O–H groups in total. The van der Waals surface area contributed by atoms with Gasteiger partial charge in [0.05, 0.1) is 17.5 Å². The summed E-state index contributed by atoms with van der Waals surface area (Å²) in [6.07, 6.45) is 2.89. The Kier molecular flexibility index (Phi) is 3.51. The molecule has 0 aliphatic carbocycles. The number of amides is 1. The van der Waals surface area contributed by atoms with Crippen LogP contribution in [0.4, 0.5) is 5.69 Å². The predicted molar refractivity (Wildman–Crippen MR) is 68.1 cm³/mol. The lowest BCUT2D eigenvalue weighted by Crippen LogP contribution is -2.14. The van der Waals surface area contributed by atoms with Gasteiger partial charge in [0.2, 0.25) is 0 Å². The molecular weight excluding hydrogens is 246 g/mol. The fourth-order valence-corrected chi connectivity index (χ4v) is 1.40. The van der Waals surface area contributed by atoms with Crippen molar-refractivity contribution in [3.8, 4) is 0 Å². The molecule has 0 saturated heterocycles. The third-order valence-corrected chi connectivity index (χ3v) is 2.40. The van der Waals surface area contributed by atoms with E-state index in [1.54, 1.807) is 6.92 Å². The number of rotatable bonds is 3. The van der Waals surface area contributed by atoms with Gasteiger partial charge in [0.25, 0.3) is 5.91 Å². The van der Waals surface area contributed by atoms with Crippen molar-refractivity contribution in [1.29, 1.82) is 0 Å². The maximum absolute atomic E-state index is 11.8. The molecule has 19 heavy (non-hydrogen) atoms. The second-order valence-corrected chi connectivity index (χ2v) is 3.88. The summed E-state index contributed by atoms with van der Waals surface area (Å²) in [5.74, 6) is -1.40. The number of carbonyl (C=O) groups is 2. The number of carboxylic acids is 1. The van der Waals surface area contributed by atoms with Crippen LogP contribution in [0, 0.1) is 6.92 Å². The molecule has 0 aliphatic heterocycles. The maximum Gasteiger partial charge on any atom is 0.335 e. The Morgan fingerprint density at radius 2 is 1.79 bits per heavy atom. The van der Waals surface area contributed by atoms with Gasteiger partial charge in [0, 0.05) is 11.9 Å². The molecule has 0 atom stereocenters. The van der Waals surface area contributed by atoms with Crippen LogP contribution >= 0.6 is 0 Å². The van der Waals surface area contributed by atoms with Gasteiger partial charge in [-0.3, -0.25) is 9.78 Å². The summed E-state index contributed by atoms with van der Waals surface area (Å²) in [6.45, 7) is 1.78. The van der Waals surface area contributed by atoms with E-state index in [1.807, 2.05) is 0 Å². The predicted octanol–water partition coefficient (Wildman–Crippen LogP) is 1.74. The van der Waals surface area contributed by atoms with Crippen molar-refractivity contribution in [2.24, 2.45) is 0 Å². The molecule has 0 aliphatic rings. The molecule has 1 aromatic carbocycles. The Balaban J connectivity index is 2.10. The third kappa shape index (κ3) is 3.12. The molecule has 1 amide bonds. The summed E-state index contributed by atoms with van der Waals surface area (Å²) in [5, 5.41) is 11.4. The second-order valence-electron chi connectivity index (χ2n) is 3.88. The number of benzene rings is 1. The number of nitrogens with one attached hydrogen (secondary N) is 1. The van der Waals surface area contributed by atoms with E-state index in [1.165, 1.54) is 36.7 Å². The molecule has 2 rings (SSSR count). The van der Waals surface area contributed by atoms with Crippen molar-refractivity contribution in [1.82, 2.24) is 9.97 Å². The number of hydrogen-bond donors (Lipinski definition) is 2. The van der Waals surface area contributed by atoms with Gasteiger partial charge >= 0.3 is 5.97 Å². The van der Waals surface area contributed by atoms with Crippen LogP contribution in [0.3, 0.4) is 0 Å². The highest BCUT2D eigenvalue weighted by molar-refractivity contribution is 6.02. The van der Waals surface area contributed by atoms with E-state index < -0.39 is 11.9 Å². The van der Waals surface area contributed by atoms with Crippen molar-refractivity contribution in [3.05, 3.63) is 53.6 Å². The smallest absolute Gasteiger partial charge is 0.335 e. The summed E-state index contributed by atoms with van der Waals surface area (Å²) in [4.78, 5) is 30.4. The molecule has 0 saturated carbocycles. The highest BCUT2D eigenvalue weighted by Crippen LogP contribution is 2.10. The van der Waals surface area contributed by atoms with Crippen molar-refractivity contribution in [2.75, 3.05) is 5.32 Å². The normalized spacial score (nSPS) is 9.95. The zero-order valence-corrected chi connectivity index (χ0v) is 10.1. The Labute approximate surface area is 109 Å². The third-order valence-electron chi connectivity index (χ3n) is 2.40. The first-order valence-corrected chi connectivity index (χ1v) is 5.49. The Morgan fingerprint density at radius 1 is 1.11 bits per heavy atom. The summed E-state index contributed by atoms with van der Waals surface area (Å²) < 4.78 is 0. The number of carboxylic acid groups (broad SMARTS) is 1. The second kappa shape index (κ2) is 5.26. The number of hydrogen-bond acceptors (Lipinski definition) is 4. The van der Waals surface area contributed by atoms with Crippen LogP contribution in [-0.4, -0.2) is 27.0 Å². The Bertz CT molecular complexity index is 606. The van der Waals surface area contributed by atoms with Gasteiger partial charge in [0.15, 0.2) is 0 Å². The molecule has 2 aromatic rings. The number of aryl methyl sites for hydroxylation is 1. The standard InChI is InChI=1S/C13H11N3O3/c1-8-6-15-11(7-14-8)12(17)16-10-4-2-9(3-5-10)13(18)19/h2-7H,1H3,(H,16,17)(H,18,19). The number of aromatic nitrogens is 2. The van der Waals surface area contributed by atoms with E-state index in [9.17, 15) is 9.59 Å². The van der Waals surface area contributed by atoms with Crippen molar-refractivity contribution in [3.63, 3.8) is 0 Å². The lowest BCUT2D eigenvalue weighted by molar-refractivity contribution is 0.0696. The molecule has 96 valence electrons. The van der Waals surface area contributed by atoms with Crippen LogP contribution in [0.1, 0.15) is 26.5 Å². The first-order valence-electron chi connectivity index (χ1n) is 5.49. The van der Waals surface area contributed by atoms with Crippen LogP contribution in [0.15, 0.2) is 36.7 Å². The molecule has 6 heteroatoms. The van der Waals surface area contributed by atoms with E-state index in [4.69, 9.17) is 5.11 Å². The Hall–Kier alpha value is -2.76. The summed E-state index contributed by atoms with van der Waals surface area (Å²) in [5.41, 5.74) is 1.58. The van der Waals surface area contributed by atoms with Gasteiger partial charge in [-0.2, -0.15) is 0 Å². The van der Waals surface area contributed by atoms with Crippen molar-refractivity contribution in [2.45, 2.75) is 6.92 Å². The van der Waals surface area contributed by atoms with Crippen LogP contribution in [0.2, 0.25) is 0 Å². The molecule has 0 radical (unpaired) electrons. The van der Waals surface area contributed by atoms with Crippen LogP contribution in [0.5, 0.6) is 0 Å². The highest BCUT2D eigenvalue weighted by Gasteiger charge is 2.08. The lowest BCUT2D eigenvalue weighted by atomic mass is 10.2. The van der Waals surface area contributed by atoms with Gasteiger partial charge in [-0.15, -0.1) is 0 Å². The lowest BCUT2D eigenvalue weighted by Gasteiger charge is -2.04. The van der Waals surface area contributed by atoms with E-state index in [2.05, 4.69) is 15.3 Å². The van der Waals surface area contributed by atoms with Crippen molar-refractivity contribution >= 4 is 17.6 Å². The molecular formula is C13H11N3O3. The summed E-state index contributed by atoms with van der Waals surface area (Å²) in [6, 6.07) is 5.86. The summed E-state index contributed by atoms with van der Waals surface area (Å²) in [7, 11) is 0. The van der Waals surface area contributed by atoms with Crippen LogP contribution < -0.4 is 5.32 Å². The topological polar surface area (TPSA) is 92.2 Å². The minimum atomic E-state index is -1.01. The molecule has 0 unspecified atom stereocenters. The fourth-order valence-electron chi connectivity index (χ4n) is 1.40. The number of anilines is 1. The monoisotopic (exact) mass is 257 g/mol. The highest BCUT2D eigenvalue weighted by atomic mass is 16.4. The fraction of sp³-hybridized carbons (Fsp3) is 0.0769. The molecule has 0 spiro atoms. The number of aromatic carboxylic acids is 1. The first kappa shape index (κ1) is 12.7. The quantitative estimate of drug-likeness (QED) is 0.873. The van der Waals surface area contributed by atoms with Gasteiger partial charge in [-0.05, 0) is 31.2 Å². The minimum Gasteiger partial charge on any atom is -0.478 e. The number of carbonyl (C=O) groups excluding carboxylic acids is 1. The minimum absolute atomic E-state index is 0.160. The van der Waals surface area contributed by atoms with Gasteiger partial charge in [-0.25, -0.2) is 9.78 Å². The first-order chi connectivity index (χ1) is 9.06. The SMILES string of the molecule is Cc1cnc(C(=O)Nc2ccc(C(=O)O)cc2)cn1. The zero-order valence-electron chi connectivity index (χ0n) is 10.1. The van der Waals surface area contributed by atoms with Crippen LogP contribution in [-0.2, 0) is 0 Å². The van der Waals surface area contributed by atoms with E-state index in [-0.39, 0.29) is 11.3 Å². The molecule has 0 fully saturated rings. The maximum atomic E-state index is 11.8. The molecule has 6 nitrogen and oxygen atoms in total. The molecule has 1 heterocycles. The summed E-state index contributed by atoms with van der Waals surface area (Å²) >= 11 is 0. The average Bonchev–Trinajstić information content (AvgIpc) is 2.40. The van der Waals surface area contributed by atoms with Gasteiger partial charge in [0.1, 0.15) is 5.69 Å². The molecule has 0 bridgehead atoms. The largest absolute Gasteiger partial charge is 0.478 e. The zero-order chi connectivity index (χ0) is 13.8. The van der Waals surface area contributed by atoms with Crippen molar-refractivity contribution < 1.29 is 14.7 Å². The number of nitrogens with zero attached hydrogens (tertiary/aromatic N) is 2. The average molecular weight is 257 g/mol. The van der Waals surface area contributed by atoms with E-state index in [0.29, 0.717) is 5.69 Å². The molecule has 1 aromatic heterocycles. The Morgan fingerprint density at radius 3 is 2.32 bits per heavy atom. The van der Waals surface area contributed by atoms with E-state index >= 15 is 0 Å². The van der Waals surface area contributed by atoms with Gasteiger partial charge in [-0.1, -0.05) is 0 Å². The van der Waals surface area contributed by atoms with Crippen LogP contribution in [0.25, 0.3) is 0 Å².